The minimum atomic E-state index is -2.84. The van der Waals surface area contributed by atoms with E-state index in [9.17, 15) is 8.42 Å². The van der Waals surface area contributed by atoms with Crippen LogP contribution in [0.3, 0.4) is 0 Å². The van der Waals surface area contributed by atoms with E-state index < -0.39 is 9.84 Å². The molecule has 3 rings (SSSR count). The first-order chi connectivity index (χ1) is 9.01. The van der Waals surface area contributed by atoms with Crippen molar-refractivity contribution in [1.29, 1.82) is 0 Å². The van der Waals surface area contributed by atoms with E-state index in [2.05, 4.69) is 33.4 Å². The Bertz CT molecular complexity index is 570. The second-order valence-electron chi connectivity index (χ2n) is 5.76. The molecule has 2 fully saturated rings. The smallest absolute Gasteiger partial charge is 0.150 e. The standard InChI is InChI=1S/C14H18BrNO2S/c15-12-3-1-11(2-4-12)13-9-16-7-5-14(13)6-8-19(17,18)10-14/h1-4,13,16H,5-10H2. The molecule has 2 heterocycles. The predicted octanol–water partition coefficient (Wildman–Crippen LogP) is 2.33. The zero-order valence-corrected chi connectivity index (χ0v) is 13.1. The zero-order valence-electron chi connectivity index (χ0n) is 10.7. The molecule has 1 N–H and O–H groups in total. The highest BCUT2D eigenvalue weighted by molar-refractivity contribution is 9.10. The molecule has 3 nitrogen and oxygen atoms in total. The van der Waals surface area contributed by atoms with Crippen molar-refractivity contribution in [3.8, 4) is 0 Å². The molecule has 0 saturated carbocycles. The summed E-state index contributed by atoms with van der Waals surface area (Å²) in [6.07, 6.45) is 1.78. The van der Waals surface area contributed by atoms with Crippen molar-refractivity contribution in [2.45, 2.75) is 18.8 Å². The van der Waals surface area contributed by atoms with Gasteiger partial charge in [0.15, 0.2) is 9.84 Å². The SMILES string of the molecule is O=S1(=O)CCC2(CCNCC2c2ccc(Br)cc2)C1. The fourth-order valence-electron chi connectivity index (χ4n) is 3.55. The van der Waals surface area contributed by atoms with Gasteiger partial charge >= 0.3 is 0 Å². The third kappa shape index (κ3) is 2.60. The summed E-state index contributed by atoms with van der Waals surface area (Å²) in [5.41, 5.74) is 1.21. The summed E-state index contributed by atoms with van der Waals surface area (Å²) < 4.78 is 24.9. The van der Waals surface area contributed by atoms with Crippen molar-refractivity contribution in [1.82, 2.24) is 5.32 Å². The number of rotatable bonds is 1. The fraction of sp³-hybridized carbons (Fsp3) is 0.571. The predicted molar refractivity (Wildman–Crippen MR) is 80.1 cm³/mol. The van der Waals surface area contributed by atoms with Gasteiger partial charge < -0.3 is 5.32 Å². The van der Waals surface area contributed by atoms with E-state index in [1.165, 1.54) is 5.56 Å². The highest BCUT2D eigenvalue weighted by Gasteiger charge is 2.48. The molecule has 1 aromatic carbocycles. The normalized spacial score (nSPS) is 33.6. The molecule has 2 atom stereocenters. The second-order valence-corrected chi connectivity index (χ2v) is 8.86. The maximum Gasteiger partial charge on any atom is 0.150 e. The topological polar surface area (TPSA) is 46.2 Å². The van der Waals surface area contributed by atoms with Crippen molar-refractivity contribution < 1.29 is 8.42 Å². The average Bonchev–Trinajstić information content (AvgIpc) is 2.67. The summed E-state index contributed by atoms with van der Waals surface area (Å²) in [5.74, 6) is 1.04. The van der Waals surface area contributed by atoms with Gasteiger partial charge in [-0.05, 0) is 42.5 Å². The molecular weight excluding hydrogens is 326 g/mol. The highest BCUT2D eigenvalue weighted by Crippen LogP contribution is 2.48. The summed E-state index contributed by atoms with van der Waals surface area (Å²) in [7, 11) is -2.84. The Hall–Kier alpha value is -0.390. The van der Waals surface area contributed by atoms with Gasteiger partial charge in [-0.2, -0.15) is 0 Å². The summed E-state index contributed by atoms with van der Waals surface area (Å²) in [6.45, 7) is 1.82. The molecule has 104 valence electrons. The van der Waals surface area contributed by atoms with Gasteiger partial charge in [-0.15, -0.1) is 0 Å². The second kappa shape index (κ2) is 4.86. The Kier molecular flexibility index (Phi) is 3.48. The molecule has 0 radical (unpaired) electrons. The molecule has 1 aromatic rings. The van der Waals surface area contributed by atoms with E-state index in [0.29, 0.717) is 17.4 Å². The van der Waals surface area contributed by atoms with Crippen molar-refractivity contribution in [3.63, 3.8) is 0 Å². The van der Waals surface area contributed by atoms with Crippen molar-refractivity contribution in [2.24, 2.45) is 5.41 Å². The van der Waals surface area contributed by atoms with Crippen molar-refractivity contribution in [3.05, 3.63) is 34.3 Å². The molecule has 0 bridgehead atoms. The van der Waals surface area contributed by atoms with Crippen LogP contribution < -0.4 is 5.32 Å². The van der Waals surface area contributed by atoms with Crippen LogP contribution in [0.25, 0.3) is 0 Å². The lowest BCUT2D eigenvalue weighted by molar-refractivity contribution is 0.196. The summed E-state index contributed by atoms with van der Waals surface area (Å²) >= 11 is 3.45. The number of sulfone groups is 1. The lowest BCUT2D eigenvalue weighted by Gasteiger charge is -2.41. The molecule has 2 aliphatic heterocycles. The number of hydrogen-bond acceptors (Lipinski definition) is 3. The monoisotopic (exact) mass is 343 g/mol. The Morgan fingerprint density at radius 2 is 1.95 bits per heavy atom. The molecule has 0 aromatic heterocycles. The molecule has 2 saturated heterocycles. The van der Waals surface area contributed by atoms with Gasteiger partial charge in [-0.25, -0.2) is 8.42 Å². The van der Waals surface area contributed by atoms with Crippen LogP contribution in [0, 0.1) is 5.41 Å². The summed E-state index contributed by atoms with van der Waals surface area (Å²) in [4.78, 5) is 0. The molecule has 2 unspecified atom stereocenters. The van der Waals surface area contributed by atoms with Crippen molar-refractivity contribution >= 4 is 25.8 Å². The van der Waals surface area contributed by atoms with E-state index in [-0.39, 0.29) is 5.41 Å². The average molecular weight is 344 g/mol. The molecule has 0 aliphatic carbocycles. The number of hydrogen-bond donors (Lipinski definition) is 1. The van der Waals surface area contributed by atoms with E-state index >= 15 is 0 Å². The van der Waals surface area contributed by atoms with Crippen LogP contribution in [0.4, 0.5) is 0 Å². The number of piperidine rings is 1. The van der Waals surface area contributed by atoms with Crippen LogP contribution in [-0.4, -0.2) is 33.0 Å². The fourth-order valence-corrected chi connectivity index (χ4v) is 6.05. The van der Waals surface area contributed by atoms with Crippen LogP contribution in [0.2, 0.25) is 0 Å². The van der Waals surface area contributed by atoms with Gasteiger partial charge in [0.25, 0.3) is 0 Å². The number of nitrogens with one attached hydrogen (secondary N) is 1. The maximum absolute atomic E-state index is 11.9. The lowest BCUT2D eigenvalue weighted by Crippen LogP contribution is -2.44. The third-order valence-corrected chi connectivity index (χ3v) is 6.95. The van der Waals surface area contributed by atoms with Crippen LogP contribution in [0.1, 0.15) is 24.3 Å². The molecular formula is C14H18BrNO2S. The van der Waals surface area contributed by atoms with Crippen LogP contribution >= 0.6 is 15.9 Å². The first-order valence-electron chi connectivity index (χ1n) is 6.67. The van der Waals surface area contributed by atoms with Gasteiger partial charge in [0.1, 0.15) is 0 Å². The van der Waals surface area contributed by atoms with Gasteiger partial charge in [-0.3, -0.25) is 0 Å². The molecule has 5 heteroatoms. The van der Waals surface area contributed by atoms with E-state index in [0.717, 1.165) is 30.4 Å². The van der Waals surface area contributed by atoms with Crippen LogP contribution in [0.5, 0.6) is 0 Å². The molecule has 0 amide bonds. The number of benzene rings is 1. The molecule has 1 spiro atoms. The Balaban J connectivity index is 1.96. The molecule has 2 aliphatic rings. The van der Waals surface area contributed by atoms with Gasteiger partial charge in [0.05, 0.1) is 11.5 Å². The lowest BCUT2D eigenvalue weighted by atomic mass is 9.68. The third-order valence-electron chi connectivity index (χ3n) is 4.58. The van der Waals surface area contributed by atoms with E-state index in [1.54, 1.807) is 0 Å². The van der Waals surface area contributed by atoms with Gasteiger partial charge in [0, 0.05) is 16.9 Å². The first-order valence-corrected chi connectivity index (χ1v) is 9.29. The van der Waals surface area contributed by atoms with Gasteiger partial charge in [-0.1, -0.05) is 28.1 Å². The summed E-state index contributed by atoms with van der Waals surface area (Å²) in [6, 6.07) is 8.32. The zero-order chi connectivity index (χ0) is 13.5. The first kappa shape index (κ1) is 13.6. The highest BCUT2D eigenvalue weighted by atomic mass is 79.9. The minimum absolute atomic E-state index is 0.0437. The summed E-state index contributed by atoms with van der Waals surface area (Å²) in [5, 5.41) is 3.42. The Labute approximate surface area is 122 Å². The quantitative estimate of drug-likeness (QED) is 0.851. The van der Waals surface area contributed by atoms with Crippen molar-refractivity contribution in [2.75, 3.05) is 24.6 Å². The van der Waals surface area contributed by atoms with Gasteiger partial charge in [0.2, 0.25) is 0 Å². The Morgan fingerprint density at radius 1 is 1.21 bits per heavy atom. The van der Waals surface area contributed by atoms with Crippen LogP contribution in [-0.2, 0) is 9.84 Å². The maximum atomic E-state index is 11.9. The largest absolute Gasteiger partial charge is 0.316 e. The van der Waals surface area contributed by atoms with Crippen LogP contribution in [0.15, 0.2) is 28.7 Å². The number of halogens is 1. The molecule has 19 heavy (non-hydrogen) atoms. The minimum Gasteiger partial charge on any atom is -0.316 e. The van der Waals surface area contributed by atoms with E-state index in [1.807, 2.05) is 12.1 Å². The van der Waals surface area contributed by atoms with E-state index in [4.69, 9.17) is 0 Å². The Morgan fingerprint density at radius 3 is 2.58 bits per heavy atom.